The molecule has 0 fully saturated rings. The van der Waals surface area contributed by atoms with E-state index in [0.29, 0.717) is 11.5 Å². The van der Waals surface area contributed by atoms with Gasteiger partial charge in [-0.1, -0.05) is 24.3 Å². The van der Waals surface area contributed by atoms with Crippen molar-refractivity contribution in [1.29, 1.82) is 0 Å². The van der Waals surface area contributed by atoms with Crippen molar-refractivity contribution in [3.05, 3.63) is 77.0 Å². The third-order valence-electron chi connectivity index (χ3n) is 4.86. The molecule has 6 nitrogen and oxygen atoms in total. The average molecular weight is 374 g/mol. The lowest BCUT2D eigenvalue weighted by atomic mass is 10.00. The van der Waals surface area contributed by atoms with Gasteiger partial charge in [0.1, 0.15) is 5.82 Å². The third kappa shape index (κ3) is 3.81. The van der Waals surface area contributed by atoms with Gasteiger partial charge < -0.3 is 15.0 Å². The second-order valence-corrected chi connectivity index (χ2v) is 6.83. The number of hydrogen-bond donors (Lipinski definition) is 1. The first-order valence-electron chi connectivity index (χ1n) is 9.25. The predicted molar refractivity (Wildman–Crippen MR) is 109 cm³/mol. The van der Waals surface area contributed by atoms with E-state index >= 15 is 0 Å². The van der Waals surface area contributed by atoms with Crippen molar-refractivity contribution >= 4 is 23.4 Å². The lowest BCUT2D eigenvalue weighted by Gasteiger charge is -2.30. The van der Waals surface area contributed by atoms with E-state index in [1.165, 1.54) is 18.2 Å². The Labute approximate surface area is 164 Å². The number of rotatable bonds is 4. The van der Waals surface area contributed by atoms with E-state index in [9.17, 15) is 4.79 Å². The number of carbonyl (C=O) groups excluding carboxylic acids is 1. The minimum Gasteiger partial charge on any atom is -0.465 e. The van der Waals surface area contributed by atoms with Crippen LogP contribution in [0.2, 0.25) is 0 Å². The van der Waals surface area contributed by atoms with Crippen LogP contribution >= 0.6 is 0 Å². The lowest BCUT2D eigenvalue weighted by molar-refractivity contribution is 0.0601. The highest BCUT2D eigenvalue weighted by Gasteiger charge is 2.18. The van der Waals surface area contributed by atoms with E-state index in [-0.39, 0.29) is 5.97 Å². The molecule has 0 amide bonds. The highest BCUT2D eigenvalue weighted by Crippen LogP contribution is 2.25. The number of aryl methyl sites for hydroxylation is 1. The second kappa shape index (κ2) is 7.68. The zero-order chi connectivity index (χ0) is 19.5. The van der Waals surface area contributed by atoms with Gasteiger partial charge in [-0.05, 0) is 48.7 Å². The van der Waals surface area contributed by atoms with E-state index < -0.39 is 0 Å². The molecule has 4 rings (SSSR count). The van der Waals surface area contributed by atoms with Gasteiger partial charge in [0.05, 0.1) is 12.7 Å². The molecular weight excluding hydrogens is 352 g/mol. The van der Waals surface area contributed by atoms with Crippen molar-refractivity contribution < 1.29 is 9.53 Å². The number of fused-ring (bicyclic) bond motifs is 1. The van der Waals surface area contributed by atoms with Gasteiger partial charge in [-0.2, -0.15) is 4.98 Å². The van der Waals surface area contributed by atoms with E-state index in [1.807, 2.05) is 25.1 Å². The van der Waals surface area contributed by atoms with Crippen LogP contribution in [-0.2, 0) is 17.7 Å². The smallest absolute Gasteiger partial charge is 0.337 e. The monoisotopic (exact) mass is 374 g/mol. The van der Waals surface area contributed by atoms with Crippen molar-refractivity contribution in [2.45, 2.75) is 19.9 Å². The Kier molecular flexibility index (Phi) is 4.93. The molecule has 0 aliphatic carbocycles. The maximum atomic E-state index is 11.6. The summed E-state index contributed by atoms with van der Waals surface area (Å²) < 4.78 is 4.73. The number of ether oxygens (including phenoxy) is 1. The molecule has 0 atom stereocenters. The molecule has 1 N–H and O–H groups in total. The largest absolute Gasteiger partial charge is 0.465 e. The fourth-order valence-corrected chi connectivity index (χ4v) is 3.40. The summed E-state index contributed by atoms with van der Waals surface area (Å²) in [6, 6.07) is 17.6. The average Bonchev–Trinajstić information content (AvgIpc) is 2.73. The molecule has 1 aliphatic heterocycles. The molecule has 0 bridgehead atoms. The molecule has 0 saturated heterocycles. The molecule has 0 unspecified atom stereocenters. The summed E-state index contributed by atoms with van der Waals surface area (Å²) in [7, 11) is 1.37. The lowest BCUT2D eigenvalue weighted by Crippen LogP contribution is -2.31. The Morgan fingerprint density at radius 1 is 1.07 bits per heavy atom. The molecule has 0 saturated carbocycles. The van der Waals surface area contributed by atoms with Gasteiger partial charge in [0.25, 0.3) is 0 Å². The van der Waals surface area contributed by atoms with Crippen LogP contribution in [0.3, 0.4) is 0 Å². The fraction of sp³-hybridized carbons (Fsp3) is 0.227. The van der Waals surface area contributed by atoms with Crippen LogP contribution in [0.25, 0.3) is 0 Å². The van der Waals surface area contributed by atoms with Crippen LogP contribution in [0.1, 0.15) is 27.2 Å². The van der Waals surface area contributed by atoms with Crippen LogP contribution in [0.15, 0.2) is 54.6 Å². The predicted octanol–water partition coefficient (Wildman–Crippen LogP) is 3.88. The Balaban J connectivity index is 1.54. The van der Waals surface area contributed by atoms with Crippen molar-refractivity contribution in [3.8, 4) is 0 Å². The highest BCUT2D eigenvalue weighted by atomic mass is 16.5. The number of benzene rings is 2. The van der Waals surface area contributed by atoms with Crippen LogP contribution in [-0.4, -0.2) is 29.6 Å². The summed E-state index contributed by atoms with van der Waals surface area (Å²) in [6.45, 7) is 3.75. The standard InChI is InChI=1S/C22H22N4O2/c1-15-13-20(26-12-11-16-5-3-4-6-18(16)14-26)25-22(23-15)24-19-9-7-17(8-10-19)21(27)28-2/h3-10,13H,11-12,14H2,1-2H3,(H,23,24,25). The Morgan fingerprint density at radius 2 is 1.82 bits per heavy atom. The SMILES string of the molecule is COC(=O)c1ccc(Nc2nc(C)cc(N3CCc4ccccc4C3)n2)cc1. The Hall–Kier alpha value is -3.41. The topological polar surface area (TPSA) is 67.3 Å². The zero-order valence-corrected chi connectivity index (χ0v) is 16.0. The molecule has 6 heteroatoms. The van der Waals surface area contributed by atoms with Gasteiger partial charge in [0.15, 0.2) is 0 Å². The molecule has 1 aliphatic rings. The molecular formula is C22H22N4O2. The second-order valence-electron chi connectivity index (χ2n) is 6.83. The van der Waals surface area contributed by atoms with Gasteiger partial charge in [-0.25, -0.2) is 9.78 Å². The molecule has 2 heterocycles. The van der Waals surface area contributed by atoms with Gasteiger partial charge in [-0.15, -0.1) is 0 Å². The van der Waals surface area contributed by atoms with Gasteiger partial charge in [0, 0.05) is 30.5 Å². The maximum Gasteiger partial charge on any atom is 0.337 e. The van der Waals surface area contributed by atoms with Crippen LogP contribution in [0, 0.1) is 6.92 Å². The maximum absolute atomic E-state index is 11.6. The number of nitrogens with zero attached hydrogens (tertiary/aromatic N) is 3. The number of esters is 1. The van der Waals surface area contributed by atoms with Gasteiger partial charge >= 0.3 is 5.97 Å². The van der Waals surface area contributed by atoms with Crippen molar-refractivity contribution in [2.75, 3.05) is 23.9 Å². The molecule has 2 aromatic carbocycles. The number of aromatic nitrogens is 2. The van der Waals surface area contributed by atoms with Crippen molar-refractivity contribution in [1.82, 2.24) is 9.97 Å². The van der Waals surface area contributed by atoms with Crippen LogP contribution in [0.5, 0.6) is 0 Å². The quantitative estimate of drug-likeness (QED) is 0.699. The van der Waals surface area contributed by atoms with Crippen molar-refractivity contribution in [2.24, 2.45) is 0 Å². The number of methoxy groups -OCH3 is 1. The molecule has 0 radical (unpaired) electrons. The van der Waals surface area contributed by atoms with Crippen LogP contribution in [0.4, 0.5) is 17.5 Å². The first-order valence-corrected chi connectivity index (χ1v) is 9.25. The number of hydrogen-bond acceptors (Lipinski definition) is 6. The van der Waals surface area contributed by atoms with Gasteiger partial charge in [0.2, 0.25) is 5.95 Å². The Morgan fingerprint density at radius 3 is 2.57 bits per heavy atom. The fourth-order valence-electron chi connectivity index (χ4n) is 3.40. The van der Waals surface area contributed by atoms with E-state index in [2.05, 4.69) is 39.5 Å². The third-order valence-corrected chi connectivity index (χ3v) is 4.86. The first-order chi connectivity index (χ1) is 13.6. The highest BCUT2D eigenvalue weighted by molar-refractivity contribution is 5.89. The van der Waals surface area contributed by atoms with Gasteiger partial charge in [-0.3, -0.25) is 0 Å². The summed E-state index contributed by atoms with van der Waals surface area (Å²) >= 11 is 0. The van der Waals surface area contributed by atoms with E-state index in [0.717, 1.165) is 36.7 Å². The number of carbonyl (C=O) groups is 1. The molecule has 0 spiro atoms. The summed E-state index contributed by atoms with van der Waals surface area (Å²) in [4.78, 5) is 23.1. The molecule has 142 valence electrons. The normalized spacial score (nSPS) is 13.0. The summed E-state index contributed by atoms with van der Waals surface area (Å²) in [5.74, 6) is 1.10. The number of anilines is 3. The summed E-state index contributed by atoms with van der Waals surface area (Å²) in [6.07, 6.45) is 1.01. The minimum absolute atomic E-state index is 0.356. The molecule has 3 aromatic rings. The van der Waals surface area contributed by atoms with Crippen molar-refractivity contribution in [3.63, 3.8) is 0 Å². The zero-order valence-electron chi connectivity index (χ0n) is 16.0. The molecule has 28 heavy (non-hydrogen) atoms. The Bertz CT molecular complexity index is 1000. The summed E-state index contributed by atoms with van der Waals surface area (Å²) in [5.41, 5.74) is 4.98. The van der Waals surface area contributed by atoms with E-state index in [1.54, 1.807) is 12.1 Å². The summed E-state index contributed by atoms with van der Waals surface area (Å²) in [5, 5.41) is 3.23. The number of nitrogens with one attached hydrogen (secondary N) is 1. The molecule has 1 aromatic heterocycles. The van der Waals surface area contributed by atoms with Crippen LogP contribution < -0.4 is 10.2 Å². The van der Waals surface area contributed by atoms with E-state index in [4.69, 9.17) is 9.72 Å². The minimum atomic E-state index is -0.356. The first kappa shape index (κ1) is 18.0.